The van der Waals surface area contributed by atoms with Crippen molar-refractivity contribution in [2.45, 2.75) is 13.3 Å². The number of carbonyl (C=O) groups excluding carboxylic acids is 3. The Labute approximate surface area is 156 Å². The number of aryl methyl sites for hydroxylation is 1. The second kappa shape index (κ2) is 8.01. The van der Waals surface area contributed by atoms with Crippen molar-refractivity contribution >= 4 is 40.6 Å². The molecule has 26 heavy (non-hydrogen) atoms. The van der Waals surface area contributed by atoms with Crippen LogP contribution in [0.15, 0.2) is 59.5 Å². The molecule has 0 unspecified atom stereocenters. The average Bonchev–Trinajstić information content (AvgIpc) is 2.89. The fourth-order valence-electron chi connectivity index (χ4n) is 2.47. The molecular formula is C20H18N2O3S. The van der Waals surface area contributed by atoms with Gasteiger partial charge in [-0.2, -0.15) is 0 Å². The summed E-state index contributed by atoms with van der Waals surface area (Å²) in [6.45, 7) is 2.03. The molecule has 6 heteroatoms. The first-order chi connectivity index (χ1) is 12.5. The van der Waals surface area contributed by atoms with E-state index in [1.54, 1.807) is 6.08 Å². The standard InChI is InChI=1S/C20H18N2O3S/c1-14-7-9-16(10-8-14)21-18(23)11-12-22-19(24)17(26-20(22)25)13-15-5-3-2-4-6-15/h2-10,13H,11-12H2,1H3,(H,21,23)/b17-13-. The van der Waals surface area contributed by atoms with E-state index >= 15 is 0 Å². The number of thioether (sulfide) groups is 1. The number of hydrogen-bond donors (Lipinski definition) is 1. The Kier molecular flexibility index (Phi) is 5.53. The fourth-order valence-corrected chi connectivity index (χ4v) is 3.33. The lowest BCUT2D eigenvalue weighted by molar-refractivity contribution is -0.123. The van der Waals surface area contributed by atoms with Crippen molar-refractivity contribution < 1.29 is 14.4 Å². The third-order valence-corrected chi connectivity index (χ3v) is 4.78. The number of anilines is 1. The van der Waals surface area contributed by atoms with Crippen molar-refractivity contribution in [2.24, 2.45) is 0 Å². The maximum absolute atomic E-state index is 12.4. The highest BCUT2D eigenvalue weighted by Gasteiger charge is 2.34. The summed E-state index contributed by atoms with van der Waals surface area (Å²) in [6, 6.07) is 16.8. The van der Waals surface area contributed by atoms with Gasteiger partial charge < -0.3 is 5.32 Å². The molecule has 1 aliphatic heterocycles. The van der Waals surface area contributed by atoms with E-state index in [9.17, 15) is 14.4 Å². The molecule has 0 saturated carbocycles. The van der Waals surface area contributed by atoms with Gasteiger partial charge in [-0.1, -0.05) is 48.0 Å². The van der Waals surface area contributed by atoms with E-state index in [4.69, 9.17) is 0 Å². The molecule has 0 spiro atoms. The van der Waals surface area contributed by atoms with Crippen molar-refractivity contribution in [1.82, 2.24) is 4.90 Å². The van der Waals surface area contributed by atoms with Crippen LogP contribution in [0.25, 0.3) is 6.08 Å². The number of rotatable bonds is 5. The highest BCUT2D eigenvalue weighted by atomic mass is 32.2. The molecule has 0 atom stereocenters. The van der Waals surface area contributed by atoms with Gasteiger partial charge in [0.15, 0.2) is 0 Å². The van der Waals surface area contributed by atoms with Crippen LogP contribution in [0.5, 0.6) is 0 Å². The average molecular weight is 366 g/mol. The van der Waals surface area contributed by atoms with Gasteiger partial charge in [0.2, 0.25) is 5.91 Å². The SMILES string of the molecule is Cc1ccc(NC(=O)CCN2C(=O)S/C(=C\c3ccccc3)C2=O)cc1. The molecule has 0 bridgehead atoms. The highest BCUT2D eigenvalue weighted by molar-refractivity contribution is 8.18. The second-order valence-electron chi connectivity index (χ2n) is 5.91. The third kappa shape index (κ3) is 4.40. The number of amides is 3. The smallest absolute Gasteiger partial charge is 0.293 e. The summed E-state index contributed by atoms with van der Waals surface area (Å²) in [5.74, 6) is -0.591. The molecule has 2 aromatic carbocycles. The van der Waals surface area contributed by atoms with Crippen LogP contribution in [0, 0.1) is 6.92 Å². The molecule has 1 N–H and O–H groups in total. The Balaban J connectivity index is 1.58. The van der Waals surface area contributed by atoms with Crippen LogP contribution in [-0.4, -0.2) is 28.5 Å². The fraction of sp³-hybridized carbons (Fsp3) is 0.150. The highest BCUT2D eigenvalue weighted by Crippen LogP contribution is 2.32. The van der Waals surface area contributed by atoms with Gasteiger partial charge in [-0.15, -0.1) is 0 Å². The summed E-state index contributed by atoms with van der Waals surface area (Å²) in [5.41, 5.74) is 2.65. The maximum atomic E-state index is 12.4. The van der Waals surface area contributed by atoms with Gasteiger partial charge in [-0.05, 0) is 42.5 Å². The zero-order valence-electron chi connectivity index (χ0n) is 14.3. The minimum absolute atomic E-state index is 0.0601. The number of nitrogens with one attached hydrogen (secondary N) is 1. The van der Waals surface area contributed by atoms with Crippen LogP contribution in [0.2, 0.25) is 0 Å². The summed E-state index contributed by atoms with van der Waals surface area (Å²) in [6.07, 6.45) is 1.75. The predicted octanol–water partition coefficient (Wildman–Crippen LogP) is 4.06. The molecule has 132 valence electrons. The van der Waals surface area contributed by atoms with Crippen LogP contribution in [-0.2, 0) is 9.59 Å². The van der Waals surface area contributed by atoms with Gasteiger partial charge in [0.05, 0.1) is 4.91 Å². The molecule has 0 radical (unpaired) electrons. The molecule has 0 aliphatic carbocycles. The zero-order chi connectivity index (χ0) is 18.5. The molecule has 3 amide bonds. The zero-order valence-corrected chi connectivity index (χ0v) is 15.1. The van der Waals surface area contributed by atoms with Gasteiger partial charge in [-0.3, -0.25) is 19.3 Å². The van der Waals surface area contributed by atoms with Crippen molar-refractivity contribution in [3.63, 3.8) is 0 Å². The van der Waals surface area contributed by atoms with Gasteiger partial charge in [0, 0.05) is 18.7 Å². The number of hydrogen-bond acceptors (Lipinski definition) is 4. The van der Waals surface area contributed by atoms with Crippen molar-refractivity contribution in [3.8, 4) is 0 Å². The molecule has 0 aromatic heterocycles. The number of carbonyl (C=O) groups is 3. The van der Waals surface area contributed by atoms with E-state index in [1.165, 1.54) is 0 Å². The Morgan fingerprint density at radius 1 is 1.08 bits per heavy atom. The Bertz CT molecular complexity index is 860. The largest absolute Gasteiger partial charge is 0.326 e. The summed E-state index contributed by atoms with van der Waals surface area (Å²) in [4.78, 5) is 38.1. The molecule has 1 aliphatic rings. The lowest BCUT2D eigenvalue weighted by Crippen LogP contribution is -2.31. The number of nitrogens with zero attached hydrogens (tertiary/aromatic N) is 1. The van der Waals surface area contributed by atoms with Gasteiger partial charge in [0.25, 0.3) is 11.1 Å². The summed E-state index contributed by atoms with van der Waals surface area (Å²) in [7, 11) is 0. The summed E-state index contributed by atoms with van der Waals surface area (Å²) in [5, 5.41) is 2.42. The van der Waals surface area contributed by atoms with E-state index < -0.39 is 0 Å². The van der Waals surface area contributed by atoms with E-state index in [2.05, 4.69) is 5.32 Å². The monoisotopic (exact) mass is 366 g/mol. The molecular weight excluding hydrogens is 348 g/mol. The quantitative estimate of drug-likeness (QED) is 0.811. The van der Waals surface area contributed by atoms with Gasteiger partial charge in [-0.25, -0.2) is 0 Å². The molecule has 1 heterocycles. The normalized spacial score (nSPS) is 15.6. The van der Waals surface area contributed by atoms with Crippen LogP contribution in [0.4, 0.5) is 10.5 Å². The molecule has 1 fully saturated rings. The maximum Gasteiger partial charge on any atom is 0.293 e. The minimum Gasteiger partial charge on any atom is -0.326 e. The summed E-state index contributed by atoms with van der Waals surface area (Å²) < 4.78 is 0. The van der Waals surface area contributed by atoms with Gasteiger partial charge in [0.1, 0.15) is 0 Å². The second-order valence-corrected chi connectivity index (χ2v) is 6.90. The number of benzene rings is 2. The van der Waals surface area contributed by atoms with Crippen molar-refractivity contribution in [3.05, 3.63) is 70.6 Å². The van der Waals surface area contributed by atoms with E-state index in [0.29, 0.717) is 10.6 Å². The first kappa shape index (κ1) is 17.9. The Morgan fingerprint density at radius 2 is 1.77 bits per heavy atom. The molecule has 1 saturated heterocycles. The number of imide groups is 1. The van der Waals surface area contributed by atoms with Crippen molar-refractivity contribution in [2.75, 3.05) is 11.9 Å². The molecule has 5 nitrogen and oxygen atoms in total. The molecule has 3 rings (SSSR count). The van der Waals surface area contributed by atoms with Gasteiger partial charge >= 0.3 is 0 Å². The first-order valence-electron chi connectivity index (χ1n) is 8.20. The van der Waals surface area contributed by atoms with E-state index in [1.807, 2.05) is 61.5 Å². The lowest BCUT2D eigenvalue weighted by atomic mass is 10.2. The van der Waals surface area contributed by atoms with Crippen LogP contribution >= 0.6 is 11.8 Å². The van der Waals surface area contributed by atoms with Crippen LogP contribution < -0.4 is 5.32 Å². The first-order valence-corrected chi connectivity index (χ1v) is 9.01. The molecule has 2 aromatic rings. The predicted molar refractivity (Wildman–Crippen MR) is 104 cm³/mol. The van der Waals surface area contributed by atoms with Crippen LogP contribution in [0.3, 0.4) is 0 Å². The van der Waals surface area contributed by atoms with E-state index in [-0.39, 0.29) is 30.0 Å². The van der Waals surface area contributed by atoms with Crippen molar-refractivity contribution in [1.29, 1.82) is 0 Å². The summed E-state index contributed by atoms with van der Waals surface area (Å²) >= 11 is 0.901. The lowest BCUT2D eigenvalue weighted by Gasteiger charge is -2.12. The van der Waals surface area contributed by atoms with E-state index in [0.717, 1.165) is 27.8 Å². The Morgan fingerprint density at radius 3 is 2.46 bits per heavy atom. The third-order valence-electron chi connectivity index (χ3n) is 3.87. The van der Waals surface area contributed by atoms with Crippen LogP contribution in [0.1, 0.15) is 17.5 Å². The Hall–Kier alpha value is -2.86. The minimum atomic E-state index is -0.355. The topological polar surface area (TPSA) is 66.5 Å².